The highest BCUT2D eigenvalue weighted by molar-refractivity contribution is 7.93. The first kappa shape index (κ1) is 16.2. The standard InChI is InChI=1S/C15H19NO3S2/c1-12-4-6-13(7-5-12)9-16-10-14(17)11-21(18,19)15-3-2-8-20-15/h2-8,14,16-17H,9-11H2,1H3. The molecule has 2 rings (SSSR count). The fourth-order valence-corrected chi connectivity index (χ4v) is 4.40. The van der Waals surface area contributed by atoms with Crippen molar-refractivity contribution in [3.8, 4) is 0 Å². The first-order valence-electron chi connectivity index (χ1n) is 6.68. The van der Waals surface area contributed by atoms with Crippen molar-refractivity contribution >= 4 is 21.2 Å². The Labute approximate surface area is 129 Å². The number of aliphatic hydroxyl groups excluding tert-OH is 1. The summed E-state index contributed by atoms with van der Waals surface area (Å²) in [6.45, 7) is 2.88. The molecule has 1 aromatic carbocycles. The van der Waals surface area contributed by atoms with Gasteiger partial charge in [0.2, 0.25) is 0 Å². The second-order valence-electron chi connectivity index (χ2n) is 4.98. The maximum atomic E-state index is 12.0. The van der Waals surface area contributed by atoms with E-state index in [1.54, 1.807) is 17.5 Å². The molecule has 0 bridgehead atoms. The minimum atomic E-state index is -3.39. The molecular formula is C15H19NO3S2. The van der Waals surface area contributed by atoms with Crippen molar-refractivity contribution in [2.45, 2.75) is 23.8 Å². The minimum absolute atomic E-state index is 0.248. The van der Waals surface area contributed by atoms with Crippen molar-refractivity contribution in [2.24, 2.45) is 0 Å². The predicted molar refractivity (Wildman–Crippen MR) is 85.3 cm³/mol. The molecule has 2 aromatic rings. The molecule has 1 atom stereocenters. The molecule has 4 nitrogen and oxygen atoms in total. The topological polar surface area (TPSA) is 66.4 Å². The molecule has 0 aliphatic rings. The van der Waals surface area contributed by atoms with E-state index in [4.69, 9.17) is 0 Å². The van der Waals surface area contributed by atoms with Crippen molar-refractivity contribution in [1.29, 1.82) is 0 Å². The Balaban J connectivity index is 1.80. The summed E-state index contributed by atoms with van der Waals surface area (Å²) in [4.78, 5) is 0. The van der Waals surface area contributed by atoms with Crippen LogP contribution in [0.1, 0.15) is 11.1 Å². The molecule has 1 aromatic heterocycles. The number of aliphatic hydroxyl groups is 1. The highest BCUT2D eigenvalue weighted by Crippen LogP contribution is 2.18. The van der Waals surface area contributed by atoms with Gasteiger partial charge in [-0.2, -0.15) is 0 Å². The molecule has 0 amide bonds. The molecule has 114 valence electrons. The molecule has 1 unspecified atom stereocenters. The van der Waals surface area contributed by atoms with Crippen LogP contribution in [-0.2, 0) is 16.4 Å². The maximum absolute atomic E-state index is 12.0. The number of benzene rings is 1. The Bertz CT molecular complexity index is 649. The summed E-state index contributed by atoms with van der Waals surface area (Å²) in [6, 6.07) is 11.3. The fourth-order valence-electron chi connectivity index (χ4n) is 1.92. The van der Waals surface area contributed by atoms with Crippen molar-refractivity contribution in [1.82, 2.24) is 5.32 Å². The zero-order chi connectivity index (χ0) is 15.3. The first-order chi connectivity index (χ1) is 9.97. The number of aryl methyl sites for hydroxylation is 1. The van der Waals surface area contributed by atoms with E-state index in [0.29, 0.717) is 10.8 Å². The third-order valence-electron chi connectivity index (χ3n) is 3.04. The van der Waals surface area contributed by atoms with Crippen LogP contribution in [-0.4, -0.2) is 31.9 Å². The molecule has 6 heteroatoms. The van der Waals surface area contributed by atoms with Crippen LogP contribution in [0.3, 0.4) is 0 Å². The molecule has 0 fully saturated rings. The predicted octanol–water partition coefficient (Wildman–Crippen LogP) is 1.98. The second kappa shape index (κ2) is 7.17. The zero-order valence-corrected chi connectivity index (χ0v) is 13.5. The Morgan fingerprint density at radius 1 is 1.24 bits per heavy atom. The normalized spacial score (nSPS) is 13.2. The van der Waals surface area contributed by atoms with Gasteiger partial charge >= 0.3 is 0 Å². The minimum Gasteiger partial charge on any atom is -0.391 e. The lowest BCUT2D eigenvalue weighted by molar-refractivity contribution is 0.193. The van der Waals surface area contributed by atoms with Crippen LogP contribution in [0.5, 0.6) is 0 Å². The fraction of sp³-hybridized carbons (Fsp3) is 0.333. The smallest absolute Gasteiger partial charge is 0.190 e. The Morgan fingerprint density at radius 2 is 1.95 bits per heavy atom. The van der Waals surface area contributed by atoms with E-state index in [9.17, 15) is 13.5 Å². The van der Waals surface area contributed by atoms with Gasteiger partial charge in [0.1, 0.15) is 4.21 Å². The van der Waals surface area contributed by atoms with Crippen LogP contribution >= 0.6 is 11.3 Å². The monoisotopic (exact) mass is 325 g/mol. The molecule has 0 spiro atoms. The number of hydrogen-bond donors (Lipinski definition) is 2. The van der Waals surface area contributed by atoms with Gasteiger partial charge in [-0.3, -0.25) is 0 Å². The summed E-state index contributed by atoms with van der Waals surface area (Å²) in [5, 5.41) is 14.7. The van der Waals surface area contributed by atoms with Crippen LogP contribution < -0.4 is 5.32 Å². The van der Waals surface area contributed by atoms with Crippen LogP contribution in [0, 0.1) is 6.92 Å². The van der Waals surface area contributed by atoms with E-state index in [-0.39, 0.29) is 12.3 Å². The average Bonchev–Trinajstić information content (AvgIpc) is 2.95. The summed E-state index contributed by atoms with van der Waals surface area (Å²) in [6.07, 6.45) is -0.914. The Kier molecular flexibility index (Phi) is 5.52. The molecule has 0 aliphatic carbocycles. The lowest BCUT2D eigenvalue weighted by Gasteiger charge is -2.12. The van der Waals surface area contributed by atoms with Crippen molar-refractivity contribution < 1.29 is 13.5 Å². The van der Waals surface area contributed by atoms with Crippen molar-refractivity contribution in [3.05, 3.63) is 52.9 Å². The van der Waals surface area contributed by atoms with E-state index in [0.717, 1.165) is 5.56 Å². The molecule has 1 heterocycles. The van der Waals surface area contributed by atoms with Crippen molar-refractivity contribution in [3.63, 3.8) is 0 Å². The highest BCUT2D eigenvalue weighted by atomic mass is 32.2. The van der Waals surface area contributed by atoms with Crippen LogP contribution in [0.2, 0.25) is 0 Å². The van der Waals surface area contributed by atoms with E-state index in [2.05, 4.69) is 5.32 Å². The molecule has 0 aliphatic heterocycles. The first-order valence-corrected chi connectivity index (χ1v) is 9.21. The lowest BCUT2D eigenvalue weighted by atomic mass is 10.1. The Morgan fingerprint density at radius 3 is 2.57 bits per heavy atom. The molecule has 0 radical (unpaired) electrons. The SMILES string of the molecule is Cc1ccc(CNCC(O)CS(=O)(=O)c2cccs2)cc1. The molecule has 21 heavy (non-hydrogen) atoms. The van der Waals surface area contributed by atoms with Gasteiger partial charge in [0, 0.05) is 13.1 Å². The number of thiophene rings is 1. The van der Waals surface area contributed by atoms with Gasteiger partial charge in [-0.1, -0.05) is 35.9 Å². The molecule has 0 saturated heterocycles. The van der Waals surface area contributed by atoms with Gasteiger partial charge in [-0.05, 0) is 23.9 Å². The third kappa shape index (κ3) is 4.93. The summed E-state index contributed by atoms with van der Waals surface area (Å²) < 4.78 is 24.3. The lowest BCUT2D eigenvalue weighted by Crippen LogP contribution is -2.32. The quantitative estimate of drug-likeness (QED) is 0.817. The molecule has 2 N–H and O–H groups in total. The van der Waals surface area contributed by atoms with Gasteiger partial charge in [0.15, 0.2) is 9.84 Å². The van der Waals surface area contributed by atoms with Gasteiger partial charge in [-0.15, -0.1) is 11.3 Å². The van der Waals surface area contributed by atoms with Gasteiger partial charge in [-0.25, -0.2) is 8.42 Å². The third-order valence-corrected chi connectivity index (χ3v) is 6.33. The van der Waals surface area contributed by atoms with Gasteiger partial charge in [0.05, 0.1) is 11.9 Å². The molecule has 0 saturated carbocycles. The summed E-state index contributed by atoms with van der Waals surface area (Å²) in [5.74, 6) is -0.256. The van der Waals surface area contributed by atoms with E-state index in [1.807, 2.05) is 31.2 Å². The summed E-state index contributed by atoms with van der Waals surface area (Å²) in [5.41, 5.74) is 2.30. The summed E-state index contributed by atoms with van der Waals surface area (Å²) in [7, 11) is -3.39. The van der Waals surface area contributed by atoms with Gasteiger partial charge in [0.25, 0.3) is 0 Å². The average molecular weight is 325 g/mol. The van der Waals surface area contributed by atoms with Crippen LogP contribution in [0.25, 0.3) is 0 Å². The second-order valence-corrected chi connectivity index (χ2v) is 8.19. The van der Waals surface area contributed by atoms with Crippen LogP contribution in [0.15, 0.2) is 46.0 Å². The Hall–Kier alpha value is -1.21. The van der Waals surface area contributed by atoms with E-state index in [1.165, 1.54) is 16.9 Å². The number of nitrogens with one attached hydrogen (secondary N) is 1. The maximum Gasteiger partial charge on any atom is 0.190 e. The number of hydrogen-bond acceptors (Lipinski definition) is 5. The zero-order valence-electron chi connectivity index (χ0n) is 11.8. The number of sulfone groups is 1. The summed E-state index contributed by atoms with van der Waals surface area (Å²) >= 11 is 1.17. The highest BCUT2D eigenvalue weighted by Gasteiger charge is 2.20. The number of rotatable bonds is 7. The van der Waals surface area contributed by atoms with Gasteiger partial charge < -0.3 is 10.4 Å². The van der Waals surface area contributed by atoms with E-state index < -0.39 is 15.9 Å². The van der Waals surface area contributed by atoms with E-state index >= 15 is 0 Å². The van der Waals surface area contributed by atoms with Crippen LogP contribution in [0.4, 0.5) is 0 Å². The van der Waals surface area contributed by atoms with Crippen molar-refractivity contribution in [2.75, 3.05) is 12.3 Å². The molecular weight excluding hydrogens is 306 g/mol. The largest absolute Gasteiger partial charge is 0.391 e.